The Balaban J connectivity index is 3.12. The van der Waals surface area contributed by atoms with Gasteiger partial charge in [-0.1, -0.05) is 6.92 Å². The molecule has 0 aliphatic rings. The fourth-order valence-electron chi connectivity index (χ4n) is 0.257. The van der Waals surface area contributed by atoms with Crippen molar-refractivity contribution in [3.05, 3.63) is 0 Å². The third-order valence-corrected chi connectivity index (χ3v) is 0.716. The molecule has 3 nitrogen and oxygen atoms in total. The highest BCUT2D eigenvalue weighted by Gasteiger charge is 2.02. The highest BCUT2D eigenvalue weighted by atomic mass is 19.3. The third-order valence-electron chi connectivity index (χ3n) is 0.716. The second kappa shape index (κ2) is 5.10. The zero-order valence-corrected chi connectivity index (χ0v) is 5.56. The highest BCUT2D eigenvalue weighted by Crippen LogP contribution is 1.90. The standard InChI is InChI=1S/C5H9F2NO2/c1-2-5(9)8-10-3-4(6)7/h4H,2-3H2,1H3,(H,8,9). The Hall–Kier alpha value is -0.710. The van der Waals surface area contributed by atoms with Gasteiger partial charge in [0.05, 0.1) is 0 Å². The molecule has 0 radical (unpaired) electrons. The van der Waals surface area contributed by atoms with Crippen LogP contribution in [-0.2, 0) is 9.63 Å². The van der Waals surface area contributed by atoms with Crippen LogP contribution in [0.15, 0.2) is 0 Å². The summed E-state index contributed by atoms with van der Waals surface area (Å²) >= 11 is 0. The van der Waals surface area contributed by atoms with Crippen molar-refractivity contribution < 1.29 is 18.4 Å². The average molecular weight is 153 g/mol. The number of rotatable bonds is 4. The maximum atomic E-state index is 11.3. The topological polar surface area (TPSA) is 38.3 Å². The summed E-state index contributed by atoms with van der Waals surface area (Å²) in [4.78, 5) is 14.4. The number of amides is 1. The predicted molar refractivity (Wildman–Crippen MR) is 30.4 cm³/mol. The van der Waals surface area contributed by atoms with E-state index in [0.29, 0.717) is 0 Å². The SMILES string of the molecule is CCC(=O)NOCC(F)F. The Labute approximate surface area is 57.3 Å². The monoisotopic (exact) mass is 153 g/mol. The number of nitrogens with one attached hydrogen (secondary N) is 1. The molecule has 1 amide bonds. The van der Waals surface area contributed by atoms with E-state index in [2.05, 4.69) is 4.84 Å². The summed E-state index contributed by atoms with van der Waals surface area (Å²) in [5.74, 6) is -0.402. The van der Waals surface area contributed by atoms with Gasteiger partial charge in [-0.15, -0.1) is 0 Å². The molecule has 10 heavy (non-hydrogen) atoms. The average Bonchev–Trinajstić information content (AvgIpc) is 1.87. The molecule has 0 saturated heterocycles. The number of carbonyl (C=O) groups excluding carboxylic acids is 1. The summed E-state index contributed by atoms with van der Waals surface area (Å²) in [7, 11) is 0. The van der Waals surface area contributed by atoms with E-state index in [1.165, 1.54) is 0 Å². The molecule has 60 valence electrons. The van der Waals surface area contributed by atoms with E-state index < -0.39 is 18.9 Å². The minimum absolute atomic E-state index is 0.225. The maximum absolute atomic E-state index is 11.3. The first-order valence-electron chi connectivity index (χ1n) is 2.85. The minimum Gasteiger partial charge on any atom is -0.273 e. The molecule has 0 saturated carbocycles. The Morgan fingerprint density at radius 1 is 1.70 bits per heavy atom. The molecule has 0 aliphatic heterocycles. The van der Waals surface area contributed by atoms with Crippen LogP contribution in [0.1, 0.15) is 13.3 Å². The number of alkyl halides is 2. The molecule has 0 aromatic carbocycles. The van der Waals surface area contributed by atoms with Gasteiger partial charge in [-0.2, -0.15) is 0 Å². The van der Waals surface area contributed by atoms with Crippen LogP contribution in [-0.4, -0.2) is 18.9 Å². The first kappa shape index (κ1) is 9.29. The Kier molecular flexibility index (Phi) is 4.74. The van der Waals surface area contributed by atoms with Crippen molar-refractivity contribution in [2.24, 2.45) is 0 Å². The normalized spacial score (nSPS) is 10.0. The fraction of sp³-hybridized carbons (Fsp3) is 0.800. The van der Waals surface area contributed by atoms with Gasteiger partial charge in [0, 0.05) is 6.42 Å². The first-order chi connectivity index (χ1) is 4.66. The van der Waals surface area contributed by atoms with Crippen LogP contribution in [0.3, 0.4) is 0 Å². The van der Waals surface area contributed by atoms with Crippen LogP contribution >= 0.6 is 0 Å². The molecule has 0 aromatic rings. The first-order valence-corrected chi connectivity index (χ1v) is 2.85. The Morgan fingerprint density at radius 2 is 2.30 bits per heavy atom. The third kappa shape index (κ3) is 5.43. The maximum Gasteiger partial charge on any atom is 0.264 e. The number of halogens is 2. The van der Waals surface area contributed by atoms with Gasteiger partial charge in [-0.25, -0.2) is 14.3 Å². The van der Waals surface area contributed by atoms with Crippen molar-refractivity contribution in [3.63, 3.8) is 0 Å². The van der Waals surface area contributed by atoms with Gasteiger partial charge in [-0.05, 0) is 0 Å². The lowest BCUT2D eigenvalue weighted by atomic mass is 10.5. The summed E-state index contributed by atoms with van der Waals surface area (Å²) in [6.45, 7) is 0.840. The van der Waals surface area contributed by atoms with Crippen molar-refractivity contribution in [1.82, 2.24) is 5.48 Å². The lowest BCUT2D eigenvalue weighted by Crippen LogP contribution is -2.25. The summed E-state index contributed by atoms with van der Waals surface area (Å²) in [5, 5.41) is 0. The van der Waals surface area contributed by atoms with Crippen LogP contribution in [0, 0.1) is 0 Å². The largest absolute Gasteiger partial charge is 0.273 e. The summed E-state index contributed by atoms with van der Waals surface area (Å²) in [6.07, 6.45) is -2.32. The molecule has 0 atom stereocenters. The quantitative estimate of drug-likeness (QED) is 0.604. The smallest absolute Gasteiger partial charge is 0.264 e. The van der Waals surface area contributed by atoms with E-state index in [-0.39, 0.29) is 6.42 Å². The van der Waals surface area contributed by atoms with Crippen molar-refractivity contribution in [2.75, 3.05) is 6.61 Å². The lowest BCUT2D eigenvalue weighted by molar-refractivity contribution is -0.136. The molecule has 0 aliphatic carbocycles. The molecule has 0 unspecified atom stereocenters. The van der Waals surface area contributed by atoms with Gasteiger partial charge in [-0.3, -0.25) is 9.63 Å². The predicted octanol–water partition coefficient (Wildman–Crippen LogP) is 0.709. The van der Waals surface area contributed by atoms with Crippen LogP contribution in [0.4, 0.5) is 8.78 Å². The van der Waals surface area contributed by atoms with Crippen LogP contribution in [0.25, 0.3) is 0 Å². The molecule has 0 spiro atoms. The van der Waals surface area contributed by atoms with E-state index in [1.807, 2.05) is 5.48 Å². The molecule has 0 heterocycles. The van der Waals surface area contributed by atoms with Crippen LogP contribution in [0.5, 0.6) is 0 Å². The van der Waals surface area contributed by atoms with Crippen molar-refractivity contribution in [3.8, 4) is 0 Å². The van der Waals surface area contributed by atoms with Gasteiger partial charge < -0.3 is 0 Å². The second-order valence-corrected chi connectivity index (χ2v) is 1.58. The molecule has 0 bridgehead atoms. The van der Waals surface area contributed by atoms with Gasteiger partial charge in [0.25, 0.3) is 6.43 Å². The van der Waals surface area contributed by atoms with Crippen molar-refractivity contribution in [2.45, 2.75) is 19.8 Å². The Morgan fingerprint density at radius 3 is 2.70 bits per heavy atom. The number of hydrogen-bond donors (Lipinski definition) is 1. The van der Waals surface area contributed by atoms with E-state index >= 15 is 0 Å². The van der Waals surface area contributed by atoms with Gasteiger partial charge >= 0.3 is 0 Å². The van der Waals surface area contributed by atoms with Gasteiger partial charge in [0.1, 0.15) is 6.61 Å². The lowest BCUT2D eigenvalue weighted by Gasteiger charge is -2.01. The van der Waals surface area contributed by atoms with E-state index in [1.54, 1.807) is 6.92 Å². The number of carbonyl (C=O) groups is 1. The van der Waals surface area contributed by atoms with Crippen LogP contribution < -0.4 is 5.48 Å². The fourth-order valence-corrected chi connectivity index (χ4v) is 0.257. The zero-order valence-electron chi connectivity index (χ0n) is 5.56. The van der Waals surface area contributed by atoms with Crippen LogP contribution in [0.2, 0.25) is 0 Å². The van der Waals surface area contributed by atoms with Gasteiger partial charge in [0.2, 0.25) is 5.91 Å². The van der Waals surface area contributed by atoms with E-state index in [9.17, 15) is 13.6 Å². The number of hydroxylamine groups is 1. The molecule has 0 fully saturated rings. The second-order valence-electron chi connectivity index (χ2n) is 1.58. The Bertz CT molecular complexity index is 108. The summed E-state index contributed by atoms with van der Waals surface area (Å²) < 4.78 is 22.6. The molecular formula is C5H9F2NO2. The molecular weight excluding hydrogens is 144 g/mol. The van der Waals surface area contributed by atoms with E-state index in [4.69, 9.17) is 0 Å². The summed E-state index contributed by atoms with van der Waals surface area (Å²) in [5.41, 5.74) is 1.84. The minimum atomic E-state index is -2.54. The summed E-state index contributed by atoms with van der Waals surface area (Å²) in [6, 6.07) is 0. The number of hydrogen-bond acceptors (Lipinski definition) is 2. The van der Waals surface area contributed by atoms with Gasteiger partial charge in [0.15, 0.2) is 0 Å². The van der Waals surface area contributed by atoms with E-state index in [0.717, 1.165) is 0 Å². The van der Waals surface area contributed by atoms with Crippen molar-refractivity contribution >= 4 is 5.91 Å². The molecule has 5 heteroatoms. The highest BCUT2D eigenvalue weighted by molar-refractivity contribution is 5.74. The zero-order chi connectivity index (χ0) is 7.98. The molecule has 0 rings (SSSR count). The van der Waals surface area contributed by atoms with Crippen molar-refractivity contribution in [1.29, 1.82) is 0 Å². The molecule has 0 aromatic heterocycles. The molecule has 1 N–H and O–H groups in total.